The number of carbonyl (C=O) groups excluding carboxylic acids is 2. The first-order chi connectivity index (χ1) is 8.17. The van der Waals surface area contributed by atoms with Crippen molar-refractivity contribution in [2.24, 2.45) is 23.7 Å². The first kappa shape index (κ1) is 12.4. The minimum absolute atomic E-state index is 0.136. The Morgan fingerprint density at radius 2 is 1.47 bits per heavy atom. The van der Waals surface area contributed by atoms with E-state index < -0.39 is 17.9 Å². The lowest BCUT2D eigenvalue weighted by atomic mass is 9.88. The van der Waals surface area contributed by atoms with E-state index in [1.54, 1.807) is 13.8 Å². The van der Waals surface area contributed by atoms with Crippen molar-refractivity contribution in [2.45, 2.75) is 33.1 Å². The van der Waals surface area contributed by atoms with Gasteiger partial charge >= 0.3 is 11.9 Å². The van der Waals surface area contributed by atoms with E-state index in [1.807, 2.05) is 0 Å². The normalized spacial score (nSPS) is 29.9. The summed E-state index contributed by atoms with van der Waals surface area (Å²) in [5.41, 5.74) is 0. The van der Waals surface area contributed by atoms with E-state index in [9.17, 15) is 9.59 Å². The van der Waals surface area contributed by atoms with Crippen molar-refractivity contribution in [1.82, 2.24) is 0 Å². The third-order valence-corrected chi connectivity index (χ3v) is 3.83. The molecule has 2 aliphatic rings. The molecule has 2 fully saturated rings. The molecule has 3 atom stereocenters. The molecule has 0 aromatic heterocycles. The second-order valence-corrected chi connectivity index (χ2v) is 4.97. The summed E-state index contributed by atoms with van der Waals surface area (Å²) >= 11 is 0. The van der Waals surface area contributed by atoms with E-state index in [-0.39, 0.29) is 5.92 Å². The highest BCUT2D eigenvalue weighted by atomic mass is 16.6. The smallest absolute Gasteiger partial charge is 0.320 e. The largest absolute Gasteiger partial charge is 0.465 e. The SMILES string of the molecule is CCOC(=O)C(C(=O)OCC)C1C[C@@H]2C[C@@H]2C1. The lowest BCUT2D eigenvalue weighted by molar-refractivity contribution is -0.164. The first-order valence-corrected chi connectivity index (χ1v) is 6.50. The van der Waals surface area contributed by atoms with Gasteiger partial charge in [0.1, 0.15) is 0 Å². The standard InChI is InChI=1S/C13H20O4/c1-3-16-12(14)11(13(15)17-4-2)10-6-8-5-9(8)7-10/h8-11H,3-7H2,1-2H3/t8-,9+,10?. The molecule has 1 unspecified atom stereocenters. The maximum absolute atomic E-state index is 11.8. The number of rotatable bonds is 5. The van der Waals surface area contributed by atoms with Crippen LogP contribution in [0.2, 0.25) is 0 Å². The van der Waals surface area contributed by atoms with E-state index in [1.165, 1.54) is 6.42 Å². The minimum atomic E-state index is -0.692. The predicted molar refractivity (Wildman–Crippen MR) is 61.1 cm³/mol. The Balaban J connectivity index is 2.00. The van der Waals surface area contributed by atoms with Gasteiger partial charge in [-0.3, -0.25) is 9.59 Å². The summed E-state index contributed by atoms with van der Waals surface area (Å²) in [6.07, 6.45) is 3.23. The van der Waals surface area contributed by atoms with Crippen molar-refractivity contribution in [3.05, 3.63) is 0 Å². The van der Waals surface area contributed by atoms with Crippen LogP contribution in [-0.2, 0) is 19.1 Å². The fourth-order valence-corrected chi connectivity index (χ4v) is 2.98. The summed E-state index contributed by atoms with van der Waals surface area (Å²) < 4.78 is 9.99. The molecule has 0 heterocycles. The third-order valence-electron chi connectivity index (χ3n) is 3.83. The lowest BCUT2D eigenvalue weighted by Gasteiger charge is -2.21. The van der Waals surface area contributed by atoms with Gasteiger partial charge in [0.2, 0.25) is 0 Å². The van der Waals surface area contributed by atoms with Crippen LogP contribution >= 0.6 is 0 Å². The van der Waals surface area contributed by atoms with E-state index in [0.717, 1.165) is 24.7 Å². The van der Waals surface area contributed by atoms with Gasteiger partial charge < -0.3 is 9.47 Å². The second kappa shape index (κ2) is 5.07. The van der Waals surface area contributed by atoms with Crippen molar-refractivity contribution in [1.29, 1.82) is 0 Å². The molecule has 2 aliphatic carbocycles. The molecule has 2 rings (SSSR count). The number of ether oxygens (including phenoxy) is 2. The summed E-state index contributed by atoms with van der Waals surface area (Å²) in [4.78, 5) is 23.7. The van der Waals surface area contributed by atoms with Crippen LogP contribution in [0.1, 0.15) is 33.1 Å². The van der Waals surface area contributed by atoms with Crippen molar-refractivity contribution < 1.29 is 19.1 Å². The van der Waals surface area contributed by atoms with Gasteiger partial charge in [-0.15, -0.1) is 0 Å². The summed E-state index contributed by atoms with van der Waals surface area (Å²) in [6.45, 7) is 4.14. The van der Waals surface area contributed by atoms with Crippen LogP contribution < -0.4 is 0 Å². The van der Waals surface area contributed by atoms with Crippen LogP contribution in [0, 0.1) is 23.7 Å². The van der Waals surface area contributed by atoms with Gasteiger partial charge in [-0.1, -0.05) is 0 Å². The highest BCUT2D eigenvalue weighted by Crippen LogP contribution is 2.56. The van der Waals surface area contributed by atoms with Gasteiger partial charge in [0.05, 0.1) is 13.2 Å². The summed E-state index contributed by atoms with van der Waals surface area (Å²) in [7, 11) is 0. The van der Waals surface area contributed by atoms with E-state index in [2.05, 4.69) is 0 Å². The second-order valence-electron chi connectivity index (χ2n) is 4.97. The molecule has 0 spiro atoms. The minimum Gasteiger partial charge on any atom is -0.465 e. The van der Waals surface area contributed by atoms with Crippen LogP contribution in [-0.4, -0.2) is 25.2 Å². The van der Waals surface area contributed by atoms with Gasteiger partial charge in [0.15, 0.2) is 5.92 Å². The average Bonchev–Trinajstić information content (AvgIpc) is 2.87. The predicted octanol–water partition coefficient (Wildman–Crippen LogP) is 1.77. The van der Waals surface area contributed by atoms with Crippen molar-refractivity contribution in [3.63, 3.8) is 0 Å². The Morgan fingerprint density at radius 3 is 1.88 bits per heavy atom. The fraction of sp³-hybridized carbons (Fsp3) is 0.846. The van der Waals surface area contributed by atoms with Crippen molar-refractivity contribution >= 4 is 11.9 Å². The zero-order valence-electron chi connectivity index (χ0n) is 10.5. The summed E-state index contributed by atoms with van der Waals surface area (Å²) in [6, 6.07) is 0. The van der Waals surface area contributed by atoms with Gasteiger partial charge in [0.25, 0.3) is 0 Å². The zero-order chi connectivity index (χ0) is 12.4. The molecule has 0 N–H and O–H groups in total. The molecule has 17 heavy (non-hydrogen) atoms. The van der Waals surface area contributed by atoms with Crippen LogP contribution in [0.25, 0.3) is 0 Å². The Hall–Kier alpha value is -1.06. The van der Waals surface area contributed by atoms with E-state index >= 15 is 0 Å². The van der Waals surface area contributed by atoms with Crippen LogP contribution in [0.4, 0.5) is 0 Å². The third kappa shape index (κ3) is 2.61. The van der Waals surface area contributed by atoms with Crippen LogP contribution in [0.15, 0.2) is 0 Å². The molecule has 4 nitrogen and oxygen atoms in total. The van der Waals surface area contributed by atoms with Gasteiger partial charge in [-0.25, -0.2) is 0 Å². The first-order valence-electron chi connectivity index (χ1n) is 6.50. The monoisotopic (exact) mass is 240 g/mol. The Morgan fingerprint density at radius 1 is 1.00 bits per heavy atom. The molecule has 4 heteroatoms. The highest BCUT2D eigenvalue weighted by Gasteiger charge is 2.51. The number of hydrogen-bond acceptors (Lipinski definition) is 4. The van der Waals surface area contributed by atoms with Crippen LogP contribution in [0.5, 0.6) is 0 Å². The van der Waals surface area contributed by atoms with Gasteiger partial charge in [-0.2, -0.15) is 0 Å². The molecule has 0 aliphatic heterocycles. The molecular formula is C13H20O4. The van der Waals surface area contributed by atoms with Gasteiger partial charge in [-0.05, 0) is 50.9 Å². The molecule has 0 radical (unpaired) electrons. The Kier molecular flexibility index (Phi) is 3.69. The molecule has 96 valence electrons. The topological polar surface area (TPSA) is 52.6 Å². The molecule has 0 saturated heterocycles. The maximum Gasteiger partial charge on any atom is 0.320 e. The highest BCUT2D eigenvalue weighted by molar-refractivity contribution is 5.95. The number of fused-ring (bicyclic) bond motifs is 1. The quantitative estimate of drug-likeness (QED) is 0.543. The Labute approximate surface area is 102 Å². The molecule has 2 saturated carbocycles. The van der Waals surface area contributed by atoms with E-state index in [4.69, 9.17) is 9.47 Å². The Bertz CT molecular complexity index is 285. The van der Waals surface area contributed by atoms with Crippen molar-refractivity contribution in [2.75, 3.05) is 13.2 Å². The number of hydrogen-bond donors (Lipinski definition) is 0. The molecule has 0 bridgehead atoms. The fourth-order valence-electron chi connectivity index (χ4n) is 2.98. The molecule has 0 aromatic rings. The summed E-state index contributed by atoms with van der Waals surface area (Å²) in [5.74, 6) is 0.117. The number of esters is 2. The summed E-state index contributed by atoms with van der Waals surface area (Å²) in [5, 5.41) is 0. The lowest BCUT2D eigenvalue weighted by Crippen LogP contribution is -2.34. The molecule has 0 aromatic carbocycles. The maximum atomic E-state index is 11.8. The van der Waals surface area contributed by atoms with Crippen molar-refractivity contribution in [3.8, 4) is 0 Å². The van der Waals surface area contributed by atoms with Gasteiger partial charge in [0, 0.05) is 0 Å². The average molecular weight is 240 g/mol. The number of carbonyl (C=O) groups is 2. The molecule has 0 amide bonds. The zero-order valence-corrected chi connectivity index (χ0v) is 10.5. The molecular weight excluding hydrogens is 220 g/mol. The van der Waals surface area contributed by atoms with E-state index in [0.29, 0.717) is 13.2 Å². The van der Waals surface area contributed by atoms with Crippen LogP contribution in [0.3, 0.4) is 0 Å².